The first-order chi connectivity index (χ1) is 9.10. The molecule has 0 radical (unpaired) electrons. The van der Waals surface area contributed by atoms with Gasteiger partial charge in [-0.25, -0.2) is 0 Å². The van der Waals surface area contributed by atoms with Gasteiger partial charge in [-0.2, -0.15) is 0 Å². The van der Waals surface area contributed by atoms with Gasteiger partial charge in [-0.05, 0) is 31.1 Å². The van der Waals surface area contributed by atoms with Gasteiger partial charge in [0.25, 0.3) is 0 Å². The minimum Gasteiger partial charge on any atom is -0.409 e. The number of rotatable bonds is 10. The van der Waals surface area contributed by atoms with Crippen LogP contribution in [0.3, 0.4) is 0 Å². The summed E-state index contributed by atoms with van der Waals surface area (Å²) in [5.41, 5.74) is 5.90. The largest absolute Gasteiger partial charge is 0.409 e. The Hall–Kier alpha value is -0.810. The third-order valence-electron chi connectivity index (χ3n) is 4.22. The first-order valence-electron chi connectivity index (χ1n) is 7.30. The molecule has 0 saturated heterocycles. The van der Waals surface area contributed by atoms with E-state index in [1.807, 2.05) is 0 Å². The molecule has 0 heterocycles. The molecule has 1 aliphatic carbocycles. The van der Waals surface area contributed by atoms with Crippen molar-refractivity contribution in [2.75, 3.05) is 26.8 Å². The maximum atomic E-state index is 8.73. The Morgan fingerprint density at radius 1 is 1.42 bits per heavy atom. The molecule has 3 N–H and O–H groups in total. The predicted molar refractivity (Wildman–Crippen MR) is 77.5 cm³/mol. The van der Waals surface area contributed by atoms with Gasteiger partial charge in [-0.1, -0.05) is 19.0 Å². The molecule has 0 atom stereocenters. The van der Waals surface area contributed by atoms with Gasteiger partial charge in [-0.15, -0.1) is 0 Å². The number of amidine groups is 1. The van der Waals surface area contributed by atoms with Crippen LogP contribution < -0.4 is 5.73 Å². The Bertz CT molecular complexity index is 286. The summed E-state index contributed by atoms with van der Waals surface area (Å²) in [6.07, 6.45) is 5.35. The van der Waals surface area contributed by atoms with Crippen LogP contribution in [0.4, 0.5) is 0 Å². The molecule has 0 unspecified atom stereocenters. The first-order valence-corrected chi connectivity index (χ1v) is 7.30. The average Bonchev–Trinajstić information content (AvgIpc) is 3.16. The molecule has 5 nitrogen and oxygen atoms in total. The average molecular weight is 271 g/mol. The fourth-order valence-electron chi connectivity index (χ4n) is 2.82. The highest BCUT2D eigenvalue weighted by Gasteiger charge is 2.45. The van der Waals surface area contributed by atoms with Crippen molar-refractivity contribution in [2.45, 2.75) is 52.0 Å². The van der Waals surface area contributed by atoms with Crippen LogP contribution >= 0.6 is 0 Å². The lowest BCUT2D eigenvalue weighted by molar-refractivity contribution is 0.0977. The maximum Gasteiger partial charge on any atom is 0.139 e. The zero-order valence-electron chi connectivity index (χ0n) is 12.6. The number of methoxy groups -OCH3 is 1. The Kier molecular flexibility index (Phi) is 6.58. The van der Waals surface area contributed by atoms with Crippen LogP contribution in [-0.4, -0.2) is 48.8 Å². The monoisotopic (exact) mass is 271 g/mol. The highest BCUT2D eigenvalue weighted by molar-refractivity contribution is 5.80. The van der Waals surface area contributed by atoms with Crippen LogP contribution in [0.25, 0.3) is 0 Å². The summed E-state index contributed by atoms with van der Waals surface area (Å²) in [5, 5.41) is 11.9. The van der Waals surface area contributed by atoms with Crippen LogP contribution in [0.5, 0.6) is 0 Å². The Morgan fingerprint density at radius 3 is 2.47 bits per heavy atom. The zero-order valence-corrected chi connectivity index (χ0v) is 12.6. The third-order valence-corrected chi connectivity index (χ3v) is 4.22. The molecule has 0 aromatic carbocycles. The summed E-state index contributed by atoms with van der Waals surface area (Å²) in [7, 11) is 1.74. The highest BCUT2D eigenvalue weighted by Crippen LogP contribution is 2.49. The number of nitrogens with zero attached hydrogens (tertiary/aromatic N) is 2. The van der Waals surface area contributed by atoms with Crippen molar-refractivity contribution in [2.24, 2.45) is 16.3 Å². The van der Waals surface area contributed by atoms with Crippen LogP contribution in [-0.2, 0) is 4.74 Å². The fourth-order valence-corrected chi connectivity index (χ4v) is 2.82. The summed E-state index contributed by atoms with van der Waals surface area (Å²) < 4.78 is 5.22. The summed E-state index contributed by atoms with van der Waals surface area (Å²) >= 11 is 0. The first kappa shape index (κ1) is 16.2. The minimum atomic E-state index is 0.229. The van der Waals surface area contributed by atoms with Crippen molar-refractivity contribution in [3.8, 4) is 0 Å². The number of oxime groups is 1. The lowest BCUT2D eigenvalue weighted by Gasteiger charge is -2.33. The van der Waals surface area contributed by atoms with E-state index in [9.17, 15) is 0 Å². The molecule has 0 spiro atoms. The van der Waals surface area contributed by atoms with E-state index in [0.29, 0.717) is 18.3 Å². The van der Waals surface area contributed by atoms with Crippen molar-refractivity contribution in [3.63, 3.8) is 0 Å². The second kappa shape index (κ2) is 7.70. The van der Waals surface area contributed by atoms with Crippen molar-refractivity contribution in [1.82, 2.24) is 4.90 Å². The van der Waals surface area contributed by atoms with E-state index >= 15 is 0 Å². The quantitative estimate of drug-likeness (QED) is 0.276. The van der Waals surface area contributed by atoms with E-state index in [1.165, 1.54) is 12.8 Å². The van der Waals surface area contributed by atoms with Gasteiger partial charge >= 0.3 is 0 Å². The Labute approximate surface area is 116 Å². The van der Waals surface area contributed by atoms with Gasteiger partial charge in [0, 0.05) is 32.7 Å². The smallest absolute Gasteiger partial charge is 0.139 e. The van der Waals surface area contributed by atoms with E-state index in [-0.39, 0.29) is 5.41 Å². The third kappa shape index (κ3) is 4.99. The summed E-state index contributed by atoms with van der Waals surface area (Å²) in [5.74, 6) is 0.355. The molecule has 5 heteroatoms. The van der Waals surface area contributed by atoms with E-state index in [2.05, 4.69) is 23.9 Å². The van der Waals surface area contributed by atoms with Crippen LogP contribution in [0, 0.1) is 5.41 Å². The number of nitrogens with two attached hydrogens (primary N) is 1. The number of ether oxygens (including phenoxy) is 1. The second-order valence-corrected chi connectivity index (χ2v) is 5.70. The van der Waals surface area contributed by atoms with Crippen LogP contribution in [0.2, 0.25) is 0 Å². The van der Waals surface area contributed by atoms with Gasteiger partial charge in [0.2, 0.25) is 0 Å². The molecule has 0 aromatic rings. The van der Waals surface area contributed by atoms with Crippen molar-refractivity contribution in [3.05, 3.63) is 0 Å². The minimum absolute atomic E-state index is 0.229. The summed E-state index contributed by atoms with van der Waals surface area (Å²) in [6.45, 7) is 7.21. The molecule has 0 amide bonds. The Morgan fingerprint density at radius 2 is 2.05 bits per heavy atom. The highest BCUT2D eigenvalue weighted by atomic mass is 16.5. The molecule has 19 heavy (non-hydrogen) atoms. The van der Waals surface area contributed by atoms with Gasteiger partial charge in [0.05, 0.1) is 6.61 Å². The standard InChI is InChI=1S/C14H29N3O2/c1-4-12(5-2)17(8-9-19-3)11-14(6-7-14)10-13(15)16-18/h12,18H,4-11H2,1-3H3,(H2,15,16). The molecule has 1 rings (SSSR count). The van der Waals surface area contributed by atoms with Crippen molar-refractivity contribution < 1.29 is 9.94 Å². The van der Waals surface area contributed by atoms with E-state index in [0.717, 1.165) is 32.5 Å². The van der Waals surface area contributed by atoms with E-state index in [1.54, 1.807) is 7.11 Å². The molecular formula is C14H29N3O2. The second-order valence-electron chi connectivity index (χ2n) is 5.70. The molecule has 112 valence electrons. The number of hydrogen-bond donors (Lipinski definition) is 2. The molecule has 1 saturated carbocycles. The molecule has 1 fully saturated rings. The normalized spacial score (nSPS) is 18.3. The van der Waals surface area contributed by atoms with E-state index < -0.39 is 0 Å². The van der Waals surface area contributed by atoms with Gasteiger partial charge < -0.3 is 15.7 Å². The van der Waals surface area contributed by atoms with Gasteiger partial charge in [0.1, 0.15) is 5.84 Å². The van der Waals surface area contributed by atoms with Crippen molar-refractivity contribution >= 4 is 5.84 Å². The molecule has 0 aliphatic heterocycles. The zero-order chi connectivity index (χ0) is 14.3. The number of hydrogen-bond acceptors (Lipinski definition) is 4. The summed E-state index contributed by atoms with van der Waals surface area (Å²) in [4.78, 5) is 2.52. The van der Waals surface area contributed by atoms with Crippen molar-refractivity contribution in [1.29, 1.82) is 0 Å². The molecule has 1 aliphatic rings. The lowest BCUT2D eigenvalue weighted by atomic mass is 9.99. The maximum absolute atomic E-state index is 8.73. The lowest BCUT2D eigenvalue weighted by Crippen LogP contribution is -2.41. The van der Waals surface area contributed by atoms with Crippen LogP contribution in [0.1, 0.15) is 46.0 Å². The van der Waals surface area contributed by atoms with E-state index in [4.69, 9.17) is 15.7 Å². The summed E-state index contributed by atoms with van der Waals surface area (Å²) in [6, 6.07) is 0.597. The topological polar surface area (TPSA) is 71.1 Å². The van der Waals surface area contributed by atoms with Gasteiger partial charge in [-0.3, -0.25) is 4.90 Å². The fraction of sp³-hybridized carbons (Fsp3) is 0.929. The van der Waals surface area contributed by atoms with Crippen LogP contribution in [0.15, 0.2) is 5.16 Å². The Balaban J connectivity index is 2.60. The predicted octanol–water partition coefficient (Wildman–Crippen LogP) is 2.04. The molecule has 0 aromatic heterocycles. The SMILES string of the molecule is CCC(CC)N(CCOC)CC1(CC(N)=NO)CC1. The molecular weight excluding hydrogens is 242 g/mol. The van der Waals surface area contributed by atoms with Gasteiger partial charge in [0.15, 0.2) is 0 Å². The molecule has 0 bridgehead atoms.